The van der Waals surface area contributed by atoms with Crippen molar-refractivity contribution in [3.63, 3.8) is 0 Å². The van der Waals surface area contributed by atoms with Crippen LogP contribution in [0.5, 0.6) is 5.75 Å². The lowest BCUT2D eigenvalue weighted by Crippen LogP contribution is -1.80. The van der Waals surface area contributed by atoms with E-state index in [1.54, 1.807) is 7.11 Å². The van der Waals surface area contributed by atoms with Gasteiger partial charge in [0, 0.05) is 31.2 Å². The molecule has 0 amide bonds. The third-order valence-electron chi connectivity index (χ3n) is 1.16. The van der Waals surface area contributed by atoms with Crippen molar-refractivity contribution >= 4 is 0 Å². The third-order valence-corrected chi connectivity index (χ3v) is 1.16. The number of rotatable bonds is 1. The lowest BCUT2D eigenvalue weighted by molar-refractivity contribution is 0.415. The molecule has 0 spiro atoms. The zero-order valence-electron chi connectivity index (χ0n) is 5.42. The van der Waals surface area contributed by atoms with Crippen LogP contribution in [0.2, 0.25) is 0 Å². The van der Waals surface area contributed by atoms with Crippen molar-refractivity contribution in [2.45, 2.75) is 0 Å². The van der Waals surface area contributed by atoms with Crippen LogP contribution in [0.15, 0.2) is 24.3 Å². The molecule has 1 aromatic rings. The fraction of sp³-hybridized carbons (Fsp3) is 0.125. The topological polar surface area (TPSA) is 9.23 Å². The molecule has 0 aliphatic heterocycles. The summed E-state index contributed by atoms with van der Waals surface area (Å²) in [6.07, 6.45) is 0. The van der Waals surface area contributed by atoms with Gasteiger partial charge < -0.3 is 4.74 Å². The summed E-state index contributed by atoms with van der Waals surface area (Å²) in [6.45, 7) is 3.74. The molecule has 0 saturated heterocycles. The molecule has 0 unspecified atom stereocenters. The maximum Gasteiger partial charge on any atom is 0.145 e. The summed E-state index contributed by atoms with van der Waals surface area (Å²) in [5.74, 6) is 0.877. The SMILES string of the molecule is [CH2+]c1ccc(OC)cc1. The van der Waals surface area contributed by atoms with E-state index >= 15 is 0 Å². The highest BCUT2D eigenvalue weighted by molar-refractivity contribution is 5.28. The molecule has 46 valence electrons. The molecule has 0 N–H and O–H groups in total. The molecule has 0 aliphatic carbocycles. The Kier molecular flexibility index (Phi) is 1.63. The Morgan fingerprint density at radius 3 is 2.22 bits per heavy atom. The van der Waals surface area contributed by atoms with Gasteiger partial charge in [-0.3, -0.25) is 0 Å². The lowest BCUT2D eigenvalue weighted by atomic mass is 10.2. The molecule has 1 rings (SSSR count). The summed E-state index contributed by atoms with van der Waals surface area (Å²) in [7, 11) is 1.65. The molecule has 1 heteroatoms. The number of hydrogen-bond acceptors (Lipinski definition) is 1. The summed E-state index contributed by atoms with van der Waals surface area (Å²) in [4.78, 5) is 0. The molecule has 0 aliphatic rings. The highest BCUT2D eigenvalue weighted by Crippen LogP contribution is 2.09. The Balaban J connectivity index is 2.88. The van der Waals surface area contributed by atoms with Gasteiger partial charge in [0.05, 0.1) is 7.11 Å². The molecular formula is C8H9O+. The van der Waals surface area contributed by atoms with E-state index in [1.165, 1.54) is 0 Å². The van der Waals surface area contributed by atoms with Crippen molar-refractivity contribution in [3.05, 3.63) is 36.8 Å². The van der Waals surface area contributed by atoms with Gasteiger partial charge in [0.15, 0.2) is 0 Å². The zero-order chi connectivity index (χ0) is 6.69. The van der Waals surface area contributed by atoms with Crippen LogP contribution < -0.4 is 4.74 Å². The molecular weight excluding hydrogens is 112 g/mol. The molecule has 0 atom stereocenters. The molecule has 0 bridgehead atoms. The smallest absolute Gasteiger partial charge is 0.145 e. The van der Waals surface area contributed by atoms with Crippen molar-refractivity contribution in [2.24, 2.45) is 0 Å². The molecule has 0 fully saturated rings. The maximum atomic E-state index is 4.94. The molecule has 9 heavy (non-hydrogen) atoms. The highest BCUT2D eigenvalue weighted by atomic mass is 16.5. The minimum absolute atomic E-state index is 0.877. The quantitative estimate of drug-likeness (QED) is 0.515. The summed E-state index contributed by atoms with van der Waals surface area (Å²) in [5.41, 5.74) is 1.01. The van der Waals surface area contributed by atoms with Gasteiger partial charge in [-0.25, -0.2) is 0 Å². The summed E-state index contributed by atoms with van der Waals surface area (Å²) in [5, 5.41) is 0. The maximum absolute atomic E-state index is 4.94. The Bertz CT molecular complexity index is 176. The normalized spacial score (nSPS) is 9.00. The summed E-state index contributed by atoms with van der Waals surface area (Å²) in [6, 6.07) is 7.61. The Morgan fingerprint density at radius 1 is 1.22 bits per heavy atom. The van der Waals surface area contributed by atoms with Gasteiger partial charge in [-0.15, -0.1) is 0 Å². The van der Waals surface area contributed by atoms with Crippen molar-refractivity contribution in [1.29, 1.82) is 0 Å². The lowest BCUT2D eigenvalue weighted by Gasteiger charge is -1.92. The van der Waals surface area contributed by atoms with Crippen LogP contribution in [0.1, 0.15) is 5.56 Å². The zero-order valence-corrected chi connectivity index (χ0v) is 5.42. The largest absolute Gasteiger partial charge is 0.494 e. The molecule has 0 heterocycles. The van der Waals surface area contributed by atoms with E-state index in [0.717, 1.165) is 11.3 Å². The van der Waals surface area contributed by atoms with Crippen LogP contribution in [0, 0.1) is 6.92 Å². The highest BCUT2D eigenvalue weighted by Gasteiger charge is 1.93. The fourth-order valence-electron chi connectivity index (χ4n) is 0.626. The minimum atomic E-state index is 0.877. The molecule has 0 saturated carbocycles. The average molecular weight is 121 g/mol. The standard InChI is InChI=1S/C8H9O/c1-7-3-5-8(9-2)6-4-7/h3-6H,1H2,2H3/q+1. The Morgan fingerprint density at radius 2 is 1.78 bits per heavy atom. The van der Waals surface area contributed by atoms with E-state index in [9.17, 15) is 0 Å². The van der Waals surface area contributed by atoms with E-state index in [-0.39, 0.29) is 0 Å². The third kappa shape index (κ3) is 1.39. The van der Waals surface area contributed by atoms with Gasteiger partial charge >= 0.3 is 0 Å². The first-order chi connectivity index (χ1) is 4.33. The van der Waals surface area contributed by atoms with Gasteiger partial charge in [-0.1, -0.05) is 0 Å². The fourth-order valence-corrected chi connectivity index (χ4v) is 0.626. The van der Waals surface area contributed by atoms with E-state index in [4.69, 9.17) is 4.74 Å². The second kappa shape index (κ2) is 2.44. The average Bonchev–Trinajstić information content (AvgIpc) is 1.90. The van der Waals surface area contributed by atoms with E-state index in [1.807, 2.05) is 24.3 Å². The van der Waals surface area contributed by atoms with Crippen LogP contribution in [0.3, 0.4) is 0 Å². The first kappa shape index (κ1) is 6.02. The van der Waals surface area contributed by atoms with Gasteiger partial charge in [0.25, 0.3) is 0 Å². The second-order valence-corrected chi connectivity index (χ2v) is 1.85. The van der Waals surface area contributed by atoms with Crippen molar-refractivity contribution in [3.8, 4) is 5.75 Å². The van der Waals surface area contributed by atoms with Gasteiger partial charge in [0.2, 0.25) is 0 Å². The number of hydrogen-bond donors (Lipinski definition) is 0. The monoisotopic (exact) mass is 121 g/mol. The van der Waals surface area contributed by atoms with Crippen LogP contribution >= 0.6 is 0 Å². The predicted molar refractivity (Wildman–Crippen MR) is 37.5 cm³/mol. The molecule has 1 aromatic carbocycles. The Hall–Kier alpha value is -1.11. The Labute approximate surface area is 55.3 Å². The minimum Gasteiger partial charge on any atom is -0.494 e. The number of methoxy groups -OCH3 is 1. The van der Waals surface area contributed by atoms with E-state index in [0.29, 0.717) is 0 Å². The first-order valence-corrected chi connectivity index (χ1v) is 2.79. The van der Waals surface area contributed by atoms with Crippen LogP contribution in [-0.2, 0) is 0 Å². The second-order valence-electron chi connectivity index (χ2n) is 1.85. The predicted octanol–water partition coefficient (Wildman–Crippen LogP) is 1.88. The van der Waals surface area contributed by atoms with Crippen molar-refractivity contribution < 1.29 is 4.74 Å². The van der Waals surface area contributed by atoms with Crippen molar-refractivity contribution in [2.75, 3.05) is 7.11 Å². The van der Waals surface area contributed by atoms with Crippen LogP contribution in [0.4, 0.5) is 0 Å². The molecule has 0 radical (unpaired) electrons. The number of benzene rings is 1. The summed E-state index contributed by atoms with van der Waals surface area (Å²) >= 11 is 0. The molecule has 0 aromatic heterocycles. The van der Waals surface area contributed by atoms with Gasteiger partial charge in [-0.2, -0.15) is 0 Å². The summed E-state index contributed by atoms with van der Waals surface area (Å²) < 4.78 is 4.94. The van der Waals surface area contributed by atoms with Gasteiger partial charge in [0.1, 0.15) is 11.3 Å². The van der Waals surface area contributed by atoms with Gasteiger partial charge in [-0.05, 0) is 0 Å². The van der Waals surface area contributed by atoms with E-state index < -0.39 is 0 Å². The molecule has 1 nitrogen and oxygen atoms in total. The van der Waals surface area contributed by atoms with Crippen LogP contribution in [-0.4, -0.2) is 7.11 Å². The van der Waals surface area contributed by atoms with Crippen LogP contribution in [0.25, 0.3) is 0 Å². The van der Waals surface area contributed by atoms with E-state index in [2.05, 4.69) is 6.92 Å². The van der Waals surface area contributed by atoms with Crippen molar-refractivity contribution in [1.82, 2.24) is 0 Å². The first-order valence-electron chi connectivity index (χ1n) is 2.79. The number of ether oxygens (including phenoxy) is 1.